The number of rotatable bonds is 7. The third-order valence-electron chi connectivity index (χ3n) is 4.40. The number of carbonyl (C=O) groups excluding carboxylic acids is 2. The van der Waals surface area contributed by atoms with Gasteiger partial charge in [0.05, 0.1) is 18.4 Å². The lowest BCUT2D eigenvalue weighted by atomic mass is 10.1. The van der Waals surface area contributed by atoms with Crippen molar-refractivity contribution in [3.8, 4) is 5.75 Å². The van der Waals surface area contributed by atoms with E-state index in [1.54, 1.807) is 36.4 Å². The number of pyridine rings is 1. The van der Waals surface area contributed by atoms with Crippen LogP contribution < -0.4 is 21.1 Å². The van der Waals surface area contributed by atoms with Crippen LogP contribution in [0.25, 0.3) is 0 Å². The highest BCUT2D eigenvalue weighted by atomic mass is 32.1. The van der Waals surface area contributed by atoms with E-state index in [4.69, 9.17) is 22.7 Å². The normalized spacial score (nSPS) is 10.2. The van der Waals surface area contributed by atoms with E-state index in [1.807, 2.05) is 0 Å². The maximum atomic E-state index is 12.7. The zero-order valence-corrected chi connectivity index (χ0v) is 17.6. The van der Waals surface area contributed by atoms with Gasteiger partial charge in [-0.1, -0.05) is 24.4 Å². The number of aromatic carboxylic acids is 1. The molecule has 3 aromatic rings. The summed E-state index contributed by atoms with van der Waals surface area (Å²) >= 11 is 4.89. The van der Waals surface area contributed by atoms with E-state index in [2.05, 4.69) is 15.6 Å². The number of nitrogens with two attached hydrogens (primary N) is 1. The molecule has 0 saturated carbocycles. The average Bonchev–Trinajstić information content (AvgIpc) is 2.80. The summed E-state index contributed by atoms with van der Waals surface area (Å²) in [4.78, 5) is 40.8. The first kappa shape index (κ1) is 22.4. The minimum Gasteiger partial charge on any atom is -0.497 e. The van der Waals surface area contributed by atoms with E-state index in [1.165, 1.54) is 25.3 Å². The standard InChI is InChI=1S/C22H18N4O5S/c1-31-16-8-6-14(7-9-16)21(28)26-19-17(10-15(11-24-19)22(29)30)25-20(27)13-4-2-12(3-5-13)18(23)32/h2-11H,1H3,(H2,23,32)(H,25,27)(H,29,30)(H,24,26,28). The number of benzene rings is 2. The second kappa shape index (κ2) is 9.67. The number of aromatic nitrogens is 1. The highest BCUT2D eigenvalue weighted by Gasteiger charge is 2.16. The number of nitrogens with zero attached hydrogens (tertiary/aromatic N) is 1. The van der Waals surface area contributed by atoms with Gasteiger partial charge >= 0.3 is 5.97 Å². The second-order valence-electron chi connectivity index (χ2n) is 6.50. The number of anilines is 2. The first-order valence-corrected chi connectivity index (χ1v) is 9.59. The maximum absolute atomic E-state index is 12.7. The molecule has 0 saturated heterocycles. The predicted molar refractivity (Wildman–Crippen MR) is 122 cm³/mol. The van der Waals surface area contributed by atoms with Crippen molar-refractivity contribution in [1.29, 1.82) is 0 Å². The van der Waals surface area contributed by atoms with Gasteiger partial charge in [0.1, 0.15) is 10.7 Å². The van der Waals surface area contributed by atoms with Gasteiger partial charge < -0.3 is 26.2 Å². The summed E-state index contributed by atoms with van der Waals surface area (Å²) in [5.74, 6) is -1.70. The van der Waals surface area contributed by atoms with Crippen molar-refractivity contribution in [1.82, 2.24) is 4.98 Å². The topological polar surface area (TPSA) is 144 Å². The molecule has 0 unspecified atom stereocenters. The number of carboxylic acids is 1. The average molecular weight is 450 g/mol. The largest absolute Gasteiger partial charge is 0.497 e. The van der Waals surface area contributed by atoms with Gasteiger partial charge in [0.2, 0.25) is 0 Å². The Bertz CT molecular complexity index is 1190. The van der Waals surface area contributed by atoms with Crippen LogP contribution in [0.5, 0.6) is 5.75 Å². The van der Waals surface area contributed by atoms with Crippen LogP contribution in [0.1, 0.15) is 36.6 Å². The summed E-state index contributed by atoms with van der Waals surface area (Å²) in [6.07, 6.45) is 1.08. The lowest BCUT2D eigenvalue weighted by Gasteiger charge is -2.13. The fourth-order valence-corrected chi connectivity index (χ4v) is 2.82. The highest BCUT2D eigenvalue weighted by molar-refractivity contribution is 7.80. The molecule has 1 aromatic heterocycles. The molecule has 5 N–H and O–H groups in total. The number of methoxy groups -OCH3 is 1. The summed E-state index contributed by atoms with van der Waals surface area (Å²) in [6, 6.07) is 13.8. The molecule has 10 heteroatoms. The number of ether oxygens (including phenoxy) is 1. The monoisotopic (exact) mass is 450 g/mol. The number of carboxylic acid groups (broad SMARTS) is 1. The maximum Gasteiger partial charge on any atom is 0.337 e. The van der Waals surface area contributed by atoms with Crippen LogP contribution in [0.3, 0.4) is 0 Å². The zero-order chi connectivity index (χ0) is 23.3. The molecule has 0 aliphatic carbocycles. The fourth-order valence-electron chi connectivity index (χ4n) is 2.68. The Kier molecular flexibility index (Phi) is 6.76. The van der Waals surface area contributed by atoms with E-state index < -0.39 is 17.8 Å². The van der Waals surface area contributed by atoms with Gasteiger partial charge in [-0.2, -0.15) is 0 Å². The minimum absolute atomic E-state index is 0.0103. The molecule has 162 valence electrons. The Morgan fingerprint density at radius 3 is 1.97 bits per heavy atom. The van der Waals surface area contributed by atoms with Gasteiger partial charge in [0.15, 0.2) is 5.82 Å². The van der Waals surface area contributed by atoms with Gasteiger partial charge in [-0.15, -0.1) is 0 Å². The number of amides is 2. The van der Waals surface area contributed by atoms with Crippen LogP contribution in [0, 0.1) is 0 Å². The van der Waals surface area contributed by atoms with E-state index in [0.29, 0.717) is 16.9 Å². The lowest BCUT2D eigenvalue weighted by Crippen LogP contribution is -2.19. The molecule has 0 aliphatic heterocycles. The molecule has 32 heavy (non-hydrogen) atoms. The Morgan fingerprint density at radius 1 is 0.906 bits per heavy atom. The van der Waals surface area contributed by atoms with Crippen molar-refractivity contribution in [3.05, 3.63) is 83.0 Å². The van der Waals surface area contributed by atoms with Crippen LogP contribution in [-0.2, 0) is 0 Å². The number of nitrogens with one attached hydrogen (secondary N) is 2. The molecule has 1 heterocycles. The Hall–Kier alpha value is -4.31. The van der Waals surface area contributed by atoms with E-state index in [9.17, 15) is 19.5 Å². The summed E-state index contributed by atoms with van der Waals surface area (Å²) < 4.78 is 5.07. The smallest absolute Gasteiger partial charge is 0.337 e. The molecule has 2 aromatic carbocycles. The number of thiocarbonyl (C=S) groups is 1. The quantitative estimate of drug-likeness (QED) is 0.402. The predicted octanol–water partition coefficient (Wildman–Crippen LogP) is 2.93. The van der Waals surface area contributed by atoms with Gasteiger partial charge in [0, 0.05) is 22.9 Å². The van der Waals surface area contributed by atoms with Crippen LogP contribution in [0.4, 0.5) is 11.5 Å². The van der Waals surface area contributed by atoms with Crippen molar-refractivity contribution in [2.45, 2.75) is 0 Å². The van der Waals surface area contributed by atoms with E-state index in [-0.39, 0.29) is 27.6 Å². The Balaban J connectivity index is 1.86. The summed E-state index contributed by atoms with van der Waals surface area (Å²) in [7, 11) is 1.51. The second-order valence-corrected chi connectivity index (χ2v) is 6.94. The first-order chi connectivity index (χ1) is 15.3. The molecule has 3 rings (SSSR count). The van der Waals surface area contributed by atoms with Crippen molar-refractivity contribution in [2.24, 2.45) is 5.73 Å². The zero-order valence-electron chi connectivity index (χ0n) is 16.8. The summed E-state index contributed by atoms with van der Waals surface area (Å²) in [5, 5.41) is 14.4. The third-order valence-corrected chi connectivity index (χ3v) is 4.63. The van der Waals surface area contributed by atoms with Gasteiger partial charge in [-0.05, 0) is 42.5 Å². The summed E-state index contributed by atoms with van der Waals surface area (Å²) in [6.45, 7) is 0. The Labute approximate surface area is 188 Å². The van der Waals surface area contributed by atoms with E-state index in [0.717, 1.165) is 6.20 Å². The molecule has 0 spiro atoms. The van der Waals surface area contributed by atoms with Crippen LogP contribution in [-0.4, -0.2) is 40.0 Å². The molecule has 0 bridgehead atoms. The third kappa shape index (κ3) is 5.24. The lowest BCUT2D eigenvalue weighted by molar-refractivity contribution is 0.0696. The highest BCUT2D eigenvalue weighted by Crippen LogP contribution is 2.23. The molecule has 0 fully saturated rings. The molecule has 2 amide bonds. The van der Waals surface area contributed by atoms with Crippen molar-refractivity contribution >= 4 is 46.5 Å². The van der Waals surface area contributed by atoms with Crippen molar-refractivity contribution < 1.29 is 24.2 Å². The van der Waals surface area contributed by atoms with Gasteiger partial charge in [0.25, 0.3) is 11.8 Å². The van der Waals surface area contributed by atoms with Crippen molar-refractivity contribution in [2.75, 3.05) is 17.7 Å². The van der Waals surface area contributed by atoms with Crippen LogP contribution in [0.2, 0.25) is 0 Å². The fraction of sp³-hybridized carbons (Fsp3) is 0.0455. The SMILES string of the molecule is COc1ccc(C(=O)Nc2ncc(C(=O)O)cc2NC(=O)c2ccc(C(N)=S)cc2)cc1. The van der Waals surface area contributed by atoms with Crippen LogP contribution in [0.15, 0.2) is 60.8 Å². The molecular weight excluding hydrogens is 432 g/mol. The van der Waals surface area contributed by atoms with Gasteiger partial charge in [-0.3, -0.25) is 9.59 Å². The summed E-state index contributed by atoms with van der Waals surface area (Å²) in [5.41, 5.74) is 6.61. The molecule has 0 aliphatic rings. The minimum atomic E-state index is -1.23. The Morgan fingerprint density at radius 2 is 1.44 bits per heavy atom. The molecular formula is C22H18N4O5S. The number of carbonyl (C=O) groups is 3. The molecule has 0 atom stereocenters. The molecule has 0 radical (unpaired) electrons. The first-order valence-electron chi connectivity index (χ1n) is 9.18. The van der Waals surface area contributed by atoms with Crippen molar-refractivity contribution in [3.63, 3.8) is 0 Å². The van der Waals surface area contributed by atoms with Gasteiger partial charge in [-0.25, -0.2) is 9.78 Å². The number of hydrogen-bond donors (Lipinski definition) is 4. The molecule has 9 nitrogen and oxygen atoms in total. The van der Waals surface area contributed by atoms with Crippen LogP contribution >= 0.6 is 12.2 Å². The van der Waals surface area contributed by atoms with E-state index >= 15 is 0 Å². The number of hydrogen-bond acceptors (Lipinski definition) is 6.